The summed E-state index contributed by atoms with van der Waals surface area (Å²) < 4.78 is 0. The van der Waals surface area contributed by atoms with E-state index in [9.17, 15) is 0 Å². The van der Waals surface area contributed by atoms with E-state index in [0.717, 1.165) is 62.0 Å². The highest BCUT2D eigenvalue weighted by Crippen LogP contribution is 2.44. The molecular weight excluding hydrogens is 439 g/mol. The van der Waals surface area contributed by atoms with Crippen molar-refractivity contribution >= 4 is 57.4 Å². The van der Waals surface area contributed by atoms with Gasteiger partial charge in [-0.15, -0.1) is 0 Å². The van der Waals surface area contributed by atoms with Crippen molar-refractivity contribution in [3.05, 3.63) is 100 Å². The Labute approximate surface area is 198 Å². The lowest BCUT2D eigenvalue weighted by molar-refractivity contribution is 1.10. The predicted molar refractivity (Wildman–Crippen MR) is 137 cm³/mol. The number of rotatable bonds is 4. The molecule has 2 aliphatic rings. The summed E-state index contributed by atoms with van der Waals surface area (Å²) in [6, 6.07) is 22.0. The van der Waals surface area contributed by atoms with Gasteiger partial charge in [-0.25, -0.2) is 4.99 Å². The van der Waals surface area contributed by atoms with Crippen LogP contribution in [0.1, 0.15) is 6.42 Å². The van der Waals surface area contributed by atoms with E-state index < -0.39 is 0 Å². The Kier molecular flexibility index (Phi) is 5.41. The van der Waals surface area contributed by atoms with Crippen LogP contribution in [0.4, 0.5) is 28.4 Å². The molecule has 5 rings (SSSR count). The predicted octanol–water partition coefficient (Wildman–Crippen LogP) is 7.57. The maximum atomic E-state index is 6.16. The Morgan fingerprint density at radius 2 is 1.59 bits per heavy atom. The number of allylic oxidation sites excluding steroid dienone is 2. The molecule has 3 aromatic carbocycles. The van der Waals surface area contributed by atoms with Gasteiger partial charge >= 0.3 is 0 Å². The molecule has 0 aromatic heterocycles. The van der Waals surface area contributed by atoms with Crippen LogP contribution in [-0.2, 0) is 0 Å². The Morgan fingerprint density at radius 3 is 2.28 bits per heavy atom. The third-order valence-electron chi connectivity index (χ3n) is 5.52. The summed E-state index contributed by atoms with van der Waals surface area (Å²) in [6.07, 6.45) is 5.11. The first-order valence-electron chi connectivity index (χ1n) is 10.4. The van der Waals surface area contributed by atoms with Gasteiger partial charge in [-0.05, 0) is 72.8 Å². The summed E-state index contributed by atoms with van der Waals surface area (Å²) >= 11 is 12.2. The molecular formula is C26H22Cl2N4. The fourth-order valence-corrected chi connectivity index (χ4v) is 4.16. The van der Waals surface area contributed by atoms with Gasteiger partial charge in [0.2, 0.25) is 0 Å². The van der Waals surface area contributed by atoms with E-state index in [2.05, 4.69) is 45.5 Å². The average molecular weight is 461 g/mol. The van der Waals surface area contributed by atoms with Gasteiger partial charge in [-0.1, -0.05) is 29.3 Å². The van der Waals surface area contributed by atoms with Crippen molar-refractivity contribution in [3.8, 4) is 0 Å². The normalized spacial score (nSPS) is 14.6. The van der Waals surface area contributed by atoms with Crippen molar-refractivity contribution in [2.75, 3.05) is 29.2 Å². The molecule has 1 aliphatic carbocycles. The molecule has 0 radical (unpaired) electrons. The van der Waals surface area contributed by atoms with Crippen LogP contribution in [0.5, 0.6) is 0 Å². The summed E-state index contributed by atoms with van der Waals surface area (Å²) in [5.74, 6) is 0. The van der Waals surface area contributed by atoms with Crippen LogP contribution < -0.4 is 15.1 Å². The number of nitrogens with zero attached hydrogens (tertiary/aromatic N) is 3. The largest absolute Gasteiger partial charge is 0.378 e. The van der Waals surface area contributed by atoms with Gasteiger partial charge < -0.3 is 15.1 Å². The lowest BCUT2D eigenvalue weighted by atomic mass is 10.0. The van der Waals surface area contributed by atoms with Crippen LogP contribution in [0, 0.1) is 0 Å². The Balaban J connectivity index is 1.57. The van der Waals surface area contributed by atoms with Crippen molar-refractivity contribution in [2.24, 2.45) is 4.99 Å². The maximum absolute atomic E-state index is 6.16. The molecule has 0 fully saturated rings. The second kappa shape index (κ2) is 8.38. The van der Waals surface area contributed by atoms with Gasteiger partial charge in [0.25, 0.3) is 0 Å². The van der Waals surface area contributed by atoms with E-state index in [1.54, 1.807) is 0 Å². The molecule has 1 N–H and O–H groups in total. The van der Waals surface area contributed by atoms with Gasteiger partial charge in [0.15, 0.2) is 0 Å². The van der Waals surface area contributed by atoms with Crippen molar-refractivity contribution < 1.29 is 0 Å². The highest BCUT2D eigenvalue weighted by Gasteiger charge is 2.28. The Morgan fingerprint density at radius 1 is 0.906 bits per heavy atom. The summed E-state index contributed by atoms with van der Waals surface area (Å²) in [4.78, 5) is 9.37. The van der Waals surface area contributed by atoms with E-state index >= 15 is 0 Å². The number of hydrogen-bond acceptors (Lipinski definition) is 4. The zero-order chi connectivity index (χ0) is 22.2. The minimum absolute atomic E-state index is 0.717. The van der Waals surface area contributed by atoms with Crippen LogP contribution in [0.15, 0.2) is 95.3 Å². The molecule has 0 amide bonds. The topological polar surface area (TPSA) is 30.9 Å². The molecule has 0 bridgehead atoms. The van der Waals surface area contributed by atoms with Gasteiger partial charge in [-0.3, -0.25) is 0 Å². The summed E-state index contributed by atoms with van der Waals surface area (Å²) in [7, 11) is 4.07. The monoisotopic (exact) mass is 460 g/mol. The maximum Gasteiger partial charge on any atom is 0.0898 e. The van der Waals surface area contributed by atoms with Crippen molar-refractivity contribution in [3.63, 3.8) is 0 Å². The third-order valence-corrected chi connectivity index (χ3v) is 6.02. The lowest BCUT2D eigenvalue weighted by Crippen LogP contribution is -2.27. The van der Waals surface area contributed by atoms with Gasteiger partial charge in [0.05, 0.1) is 22.8 Å². The fourth-order valence-electron chi connectivity index (χ4n) is 3.91. The molecule has 0 unspecified atom stereocenters. The second-order valence-corrected chi connectivity index (χ2v) is 8.84. The number of hydrogen-bond donors (Lipinski definition) is 1. The quantitative estimate of drug-likeness (QED) is 0.435. The van der Waals surface area contributed by atoms with E-state index in [0.29, 0.717) is 0 Å². The van der Waals surface area contributed by atoms with E-state index in [-0.39, 0.29) is 0 Å². The zero-order valence-electron chi connectivity index (χ0n) is 17.8. The lowest BCUT2D eigenvalue weighted by Gasteiger charge is -2.34. The molecule has 1 heterocycles. The van der Waals surface area contributed by atoms with Crippen molar-refractivity contribution in [2.45, 2.75) is 6.42 Å². The minimum Gasteiger partial charge on any atom is -0.378 e. The SMILES string of the molecule is CN(C)c1ccc2c(c1)N=C1C=C(Nc3ccc(Cl)cc3)CC=C1N2c1ccc(Cl)cc1. The van der Waals surface area contributed by atoms with Gasteiger partial charge in [-0.2, -0.15) is 0 Å². The molecule has 0 saturated carbocycles. The van der Waals surface area contributed by atoms with Crippen molar-refractivity contribution in [1.29, 1.82) is 0 Å². The average Bonchev–Trinajstić information content (AvgIpc) is 2.79. The highest BCUT2D eigenvalue weighted by molar-refractivity contribution is 6.31. The molecule has 1 aliphatic heterocycles. The van der Waals surface area contributed by atoms with Crippen LogP contribution in [-0.4, -0.2) is 19.8 Å². The van der Waals surface area contributed by atoms with E-state index in [4.69, 9.17) is 28.2 Å². The molecule has 160 valence electrons. The summed E-state index contributed by atoms with van der Waals surface area (Å²) in [6.45, 7) is 0. The molecule has 0 spiro atoms. The van der Waals surface area contributed by atoms with Gasteiger partial charge in [0, 0.05) is 53.3 Å². The number of aliphatic imine (C=N–C) groups is 1. The van der Waals surface area contributed by atoms with E-state index in [1.807, 2.05) is 62.6 Å². The Bertz CT molecular complexity index is 1260. The first-order chi connectivity index (χ1) is 15.5. The Hall–Kier alpha value is -3.21. The molecule has 0 saturated heterocycles. The van der Waals surface area contributed by atoms with Crippen LogP contribution in [0.25, 0.3) is 0 Å². The van der Waals surface area contributed by atoms with Gasteiger partial charge in [0.1, 0.15) is 0 Å². The number of benzene rings is 3. The number of nitrogens with one attached hydrogen (secondary N) is 1. The van der Waals surface area contributed by atoms with Crippen LogP contribution >= 0.6 is 23.2 Å². The zero-order valence-corrected chi connectivity index (χ0v) is 19.3. The number of halogens is 2. The molecule has 32 heavy (non-hydrogen) atoms. The molecule has 0 atom stereocenters. The standard InChI is InChI=1S/C26H22Cl2N4/c1-31(2)22-12-14-26-24(16-22)30-23-15-20(29-19-7-3-17(27)4-8-19)9-13-25(23)32(26)21-10-5-18(28)6-11-21/h3-8,10-16,29H,9H2,1-2H3. The first kappa shape index (κ1) is 20.7. The van der Waals surface area contributed by atoms with Crippen LogP contribution in [0.2, 0.25) is 10.0 Å². The summed E-state index contributed by atoms with van der Waals surface area (Å²) in [5, 5.41) is 4.93. The summed E-state index contributed by atoms with van der Waals surface area (Å²) in [5.41, 5.74) is 8.21. The van der Waals surface area contributed by atoms with E-state index in [1.165, 1.54) is 0 Å². The fraction of sp³-hybridized carbons (Fsp3) is 0.115. The molecule has 3 aromatic rings. The second-order valence-electron chi connectivity index (χ2n) is 7.97. The number of fused-ring (bicyclic) bond motifs is 2. The third kappa shape index (κ3) is 3.99. The first-order valence-corrected chi connectivity index (χ1v) is 11.1. The molecule has 6 heteroatoms. The smallest absolute Gasteiger partial charge is 0.0898 e. The molecule has 4 nitrogen and oxygen atoms in total. The number of anilines is 4. The van der Waals surface area contributed by atoms with Crippen molar-refractivity contribution in [1.82, 2.24) is 0 Å². The minimum atomic E-state index is 0.717. The highest BCUT2D eigenvalue weighted by atomic mass is 35.5. The van der Waals surface area contributed by atoms with Crippen LogP contribution in [0.3, 0.4) is 0 Å².